The number of rotatable bonds is 25. The van der Waals surface area contributed by atoms with Gasteiger partial charge in [0.05, 0.1) is 67.2 Å². The molecule has 605 valence electrons. The number of aromatic nitrogens is 4. The number of pyridine rings is 4. The second-order valence-corrected chi connectivity index (χ2v) is 25.1. The Morgan fingerprint density at radius 2 is 0.835 bits per heavy atom. The Labute approximate surface area is 665 Å². The molecule has 115 heavy (non-hydrogen) atoms. The van der Waals surface area contributed by atoms with E-state index in [9.17, 15) is 79.3 Å². The van der Waals surface area contributed by atoms with Crippen molar-refractivity contribution >= 4 is 109 Å². The summed E-state index contributed by atoms with van der Waals surface area (Å²) in [5.74, 6) is -7.35. The van der Waals surface area contributed by atoms with Crippen LogP contribution in [-0.4, -0.2) is 166 Å². The molecular formula is C73H79FeN20O21. The molecule has 4 aromatic carbocycles. The van der Waals surface area contributed by atoms with E-state index in [1.807, 2.05) is 50.1 Å². The first-order valence-electron chi connectivity index (χ1n) is 34.1. The quantitative estimate of drug-likeness (QED) is 0.0142. The van der Waals surface area contributed by atoms with Gasteiger partial charge in [-0.15, -0.1) is 10.2 Å². The van der Waals surface area contributed by atoms with Crippen LogP contribution in [0.1, 0.15) is 58.6 Å². The van der Waals surface area contributed by atoms with Crippen molar-refractivity contribution in [3.63, 3.8) is 0 Å². The van der Waals surface area contributed by atoms with E-state index in [4.69, 9.17) is 25.5 Å². The first kappa shape index (κ1) is 91.8. The van der Waals surface area contributed by atoms with Gasteiger partial charge < -0.3 is 74.8 Å². The van der Waals surface area contributed by atoms with Crippen LogP contribution in [0.4, 0.5) is 56.9 Å². The predicted octanol–water partition coefficient (Wildman–Crippen LogP) is 3.11. The molecule has 2 aliphatic heterocycles. The summed E-state index contributed by atoms with van der Waals surface area (Å²) in [6.07, 6.45) is 4.27. The van der Waals surface area contributed by atoms with Gasteiger partial charge in [0.2, 0.25) is 0 Å². The molecule has 1 radical (unpaired) electrons. The molecule has 6 heterocycles. The molecule has 0 saturated heterocycles. The van der Waals surface area contributed by atoms with Crippen LogP contribution in [0.3, 0.4) is 0 Å². The van der Waals surface area contributed by atoms with Crippen LogP contribution in [-0.2, 0) is 54.1 Å². The Morgan fingerprint density at radius 1 is 0.522 bits per heavy atom. The van der Waals surface area contributed by atoms with Crippen molar-refractivity contribution in [1.82, 2.24) is 18.9 Å². The molecule has 3 atom stereocenters. The van der Waals surface area contributed by atoms with Crippen molar-refractivity contribution in [3.8, 4) is 34.6 Å². The SMILES string of the molecule is CC(O)C(=O)O.CC(O)C(=O)O.CC(O)C(=O)[O-].CC1=NN(c2ccc(N=Nc3c(C)c(-[n+]4ccccc4)c(=O)n(CCCN(C)C)c3[O-])cc2)C(=O)/C1=N\Nc1ccc([N+](=O)[O-])cc1[O-].CC1=NN(c2ccc(N=Nc3c(C)c(-[n+]4ccccc4)c(=O)n(CCCN(C)C)c3[O-])cc2)C(=O)/C1=N\Nc1ccc([N+](=O)[O-])cc1[O-].[Fe+3]. The van der Waals surface area contributed by atoms with E-state index in [-0.39, 0.29) is 87.1 Å². The van der Waals surface area contributed by atoms with Gasteiger partial charge in [0.1, 0.15) is 23.6 Å². The number of carbonyl (C=O) groups is 5. The van der Waals surface area contributed by atoms with Gasteiger partial charge in [-0.05, 0) is 175 Å². The standard InChI is InChI=1S/2C32H32N10O6.3C3H6O3.Fe/c2*1-20-27(30(44)40(18-8-15-38(3)4)32(46)29(20)39-16-6-5-7-17-39)35-33-22-9-11-23(12-10-22)41-31(45)28(21(2)37-41)36-34-25-14-13-24(42(47)48)19-26(25)43;3*1-2(4)3(5)6;/h2*5-7,9-14,16-17,19H,8,15,18H2,1-4H3,(H2-,33,34,35,36,37,43,44,45,46);3*2,4H,1H3,(H,5,6);/q;;;;;+3/p-3. The summed E-state index contributed by atoms with van der Waals surface area (Å²) in [6.45, 7) is 11.8. The molecule has 0 bridgehead atoms. The van der Waals surface area contributed by atoms with Gasteiger partial charge in [0, 0.05) is 73.0 Å². The van der Waals surface area contributed by atoms with Crippen LogP contribution in [0.15, 0.2) is 197 Å². The summed E-state index contributed by atoms with van der Waals surface area (Å²) in [6, 6.07) is 29.9. The Hall–Kier alpha value is -13.8. The molecule has 7 N–H and O–H groups in total. The average molecular weight is 1630 g/mol. The van der Waals surface area contributed by atoms with E-state index in [2.05, 4.69) is 51.7 Å². The van der Waals surface area contributed by atoms with Crippen molar-refractivity contribution in [2.24, 2.45) is 40.9 Å². The largest absolute Gasteiger partial charge is 3.00 e. The van der Waals surface area contributed by atoms with E-state index in [0.29, 0.717) is 71.2 Å². The number of amides is 2. The number of carbonyl (C=O) groups excluding carboxylic acids is 3. The van der Waals surface area contributed by atoms with Crippen LogP contribution in [0.25, 0.3) is 11.4 Å². The Bertz CT molecular complexity index is 4840. The van der Waals surface area contributed by atoms with Gasteiger partial charge in [0.25, 0.3) is 22.7 Å². The average Bonchev–Trinajstić information content (AvgIpc) is 1.68. The molecule has 0 spiro atoms. The van der Waals surface area contributed by atoms with Crippen LogP contribution in [0.5, 0.6) is 23.3 Å². The monoisotopic (exact) mass is 1630 g/mol. The van der Waals surface area contributed by atoms with Crippen molar-refractivity contribution in [1.29, 1.82) is 0 Å². The number of azo groups is 2. The van der Waals surface area contributed by atoms with Gasteiger partial charge in [-0.3, -0.25) is 50.3 Å². The zero-order valence-corrected chi connectivity index (χ0v) is 64.6. The zero-order chi connectivity index (χ0) is 84.5. The number of benzene rings is 4. The van der Waals surface area contributed by atoms with Crippen LogP contribution < -0.4 is 66.7 Å². The van der Waals surface area contributed by atoms with E-state index in [1.165, 1.54) is 35.1 Å². The number of anilines is 4. The topological polar surface area (TPSA) is 576 Å². The summed E-state index contributed by atoms with van der Waals surface area (Å²) >= 11 is 0. The number of aliphatic hydroxyl groups is 3. The molecule has 10 rings (SSSR count). The summed E-state index contributed by atoms with van der Waals surface area (Å²) in [7, 11) is 7.66. The number of aliphatic carboxylic acids is 3. The van der Waals surface area contributed by atoms with E-state index >= 15 is 0 Å². The smallest absolute Gasteiger partial charge is 0.871 e. The first-order valence-corrected chi connectivity index (χ1v) is 34.1. The third-order valence-corrected chi connectivity index (χ3v) is 15.8. The summed E-state index contributed by atoms with van der Waals surface area (Å²) in [5.41, 5.74) is 6.76. The molecule has 3 unspecified atom stereocenters. The normalized spacial score (nSPS) is 13.8. The molecule has 0 aliphatic carbocycles. The fraction of sp³-hybridized carbons (Fsp3) is 0.274. The van der Waals surface area contributed by atoms with Gasteiger partial charge >= 0.3 is 51.9 Å². The maximum atomic E-state index is 13.5. The summed E-state index contributed by atoms with van der Waals surface area (Å²) in [5, 5.41) is 158. The molecule has 0 fully saturated rings. The first-order chi connectivity index (χ1) is 53.8. The van der Waals surface area contributed by atoms with Gasteiger partial charge in [-0.25, -0.2) is 9.59 Å². The Balaban J connectivity index is 0.000000335. The van der Waals surface area contributed by atoms with Crippen molar-refractivity contribution < 1.29 is 111 Å². The number of nitro benzene ring substituents is 2. The summed E-state index contributed by atoms with van der Waals surface area (Å²) < 4.78 is 5.69. The van der Waals surface area contributed by atoms with Gasteiger partial charge in [0.15, 0.2) is 36.2 Å². The predicted molar refractivity (Wildman–Crippen MR) is 404 cm³/mol. The van der Waals surface area contributed by atoms with Crippen molar-refractivity contribution in [2.75, 3.05) is 62.1 Å². The molecular weight excluding hydrogens is 1550 g/mol. The zero-order valence-electron chi connectivity index (χ0n) is 63.5. The van der Waals surface area contributed by atoms with Crippen LogP contribution in [0.2, 0.25) is 0 Å². The minimum atomic E-state index is -1.44. The number of carboxylic acid groups (broad SMARTS) is 3. The molecule has 2 aliphatic rings. The number of nitrogens with one attached hydrogen (secondary N) is 2. The van der Waals surface area contributed by atoms with E-state index < -0.39 is 92.3 Å². The molecule has 42 heteroatoms. The van der Waals surface area contributed by atoms with Gasteiger partial charge in [-0.2, -0.15) is 49.8 Å². The number of hydrazone groups is 4. The molecule has 0 saturated carbocycles. The number of non-ortho nitro benzene ring substituents is 2. The minimum Gasteiger partial charge on any atom is -0.871 e. The molecule has 41 nitrogen and oxygen atoms in total. The van der Waals surface area contributed by atoms with E-state index in [0.717, 1.165) is 41.2 Å². The third kappa shape index (κ3) is 25.1. The van der Waals surface area contributed by atoms with Crippen LogP contribution >= 0.6 is 0 Å². The van der Waals surface area contributed by atoms with Crippen molar-refractivity contribution in [3.05, 3.63) is 198 Å². The van der Waals surface area contributed by atoms with Gasteiger partial charge in [-0.1, -0.05) is 23.6 Å². The second kappa shape index (κ2) is 42.6. The number of aliphatic hydroxyl groups excluding tert-OH is 3. The Morgan fingerprint density at radius 3 is 1.10 bits per heavy atom. The van der Waals surface area contributed by atoms with Crippen LogP contribution in [0, 0.1) is 34.1 Å². The number of nitrogens with zero attached hydrogens (tertiary/aromatic N) is 18. The third-order valence-electron chi connectivity index (χ3n) is 15.8. The molecule has 8 aromatic rings. The fourth-order valence-electron chi connectivity index (χ4n) is 9.80. The van der Waals surface area contributed by atoms with E-state index in [1.54, 1.807) is 134 Å². The number of hydrogen-bond acceptors (Lipinski definition) is 31. The number of hydrogen-bond donors (Lipinski definition) is 7. The minimum absolute atomic E-state index is 0. The maximum absolute atomic E-state index is 13.5. The maximum Gasteiger partial charge on any atom is 3.00 e. The summed E-state index contributed by atoms with van der Waals surface area (Å²) in [4.78, 5) is 106. The fourth-order valence-corrected chi connectivity index (χ4v) is 9.80. The second-order valence-electron chi connectivity index (χ2n) is 25.1. The molecule has 4 aromatic heterocycles. The Kier molecular flexibility index (Phi) is 34.0. The molecule has 2 amide bonds. The number of carboxylic acids is 3. The van der Waals surface area contributed by atoms with Crippen molar-refractivity contribution in [2.45, 2.75) is 92.7 Å². The number of nitro groups is 2.